The van der Waals surface area contributed by atoms with Crippen LogP contribution in [0, 0.1) is 0 Å². The van der Waals surface area contributed by atoms with E-state index in [0.717, 1.165) is 28.9 Å². The maximum absolute atomic E-state index is 13.2. The van der Waals surface area contributed by atoms with Crippen LogP contribution in [-0.4, -0.2) is 20.2 Å². The molecule has 1 aromatic heterocycles. The summed E-state index contributed by atoms with van der Waals surface area (Å²) in [5, 5.41) is 9.46. The molecule has 1 N–H and O–H groups in total. The molecule has 0 aliphatic rings. The average Bonchev–Trinajstić information content (AvgIpc) is 3.14. The topological polar surface area (TPSA) is 64.2 Å². The molecular formula is C27H24N2O3. The summed E-state index contributed by atoms with van der Waals surface area (Å²) in [5.41, 5.74) is 4.28. The largest absolute Gasteiger partial charge is 0.478 e. The summed E-state index contributed by atoms with van der Waals surface area (Å²) in [4.78, 5) is 24.7. The van der Waals surface area contributed by atoms with Crippen molar-refractivity contribution in [1.82, 2.24) is 9.13 Å². The van der Waals surface area contributed by atoms with E-state index >= 15 is 0 Å². The van der Waals surface area contributed by atoms with Crippen LogP contribution in [0.1, 0.15) is 35.0 Å². The second kappa shape index (κ2) is 9.35. The molecule has 0 spiro atoms. The number of hydrogen-bond acceptors (Lipinski definition) is 2. The summed E-state index contributed by atoms with van der Waals surface area (Å²) in [5.74, 6) is -0.953. The highest BCUT2D eigenvalue weighted by Crippen LogP contribution is 2.24. The Bertz CT molecular complexity index is 1310. The van der Waals surface area contributed by atoms with Crippen LogP contribution in [0.3, 0.4) is 0 Å². The van der Waals surface area contributed by atoms with Crippen molar-refractivity contribution in [1.29, 1.82) is 0 Å². The van der Waals surface area contributed by atoms with E-state index in [4.69, 9.17) is 0 Å². The predicted molar refractivity (Wildman–Crippen MR) is 127 cm³/mol. The molecule has 4 aromatic rings. The second-order valence-corrected chi connectivity index (χ2v) is 7.49. The molecule has 0 amide bonds. The van der Waals surface area contributed by atoms with Gasteiger partial charge in [-0.1, -0.05) is 73.7 Å². The number of allylic oxidation sites excluding steroid dienone is 1. The lowest BCUT2D eigenvalue weighted by molar-refractivity contribution is 0.0697. The van der Waals surface area contributed by atoms with E-state index in [2.05, 4.69) is 6.92 Å². The van der Waals surface area contributed by atoms with E-state index < -0.39 is 5.97 Å². The third-order valence-electron chi connectivity index (χ3n) is 5.33. The molecule has 4 rings (SSSR count). The van der Waals surface area contributed by atoms with Gasteiger partial charge >= 0.3 is 11.7 Å². The van der Waals surface area contributed by atoms with Crippen molar-refractivity contribution in [2.75, 3.05) is 0 Å². The first-order valence-electron chi connectivity index (χ1n) is 10.5. The Morgan fingerprint density at radius 1 is 0.938 bits per heavy atom. The molecule has 0 unspecified atom stereocenters. The molecule has 0 atom stereocenters. The molecule has 0 bridgehead atoms. The fraction of sp³-hybridized carbons (Fsp3) is 0.111. The van der Waals surface area contributed by atoms with Crippen LogP contribution >= 0.6 is 0 Å². The number of imidazole rings is 1. The summed E-state index contributed by atoms with van der Waals surface area (Å²) >= 11 is 0. The minimum Gasteiger partial charge on any atom is -0.478 e. The lowest BCUT2D eigenvalue weighted by Gasteiger charge is -2.09. The maximum Gasteiger partial charge on any atom is 0.336 e. The number of aromatic carboxylic acids is 1. The standard InChI is InChI=1S/C27H24N2O3/c1-2-3-9-23-19-29(22-10-5-4-6-11-22)27(32)28(23)18-20-14-16-21(17-15-20)24-12-7-8-13-25(24)26(30)31/h3-17,19H,2,18H2,1H3,(H,30,31)/b9-3+. The minimum atomic E-state index is -0.953. The molecular weight excluding hydrogens is 400 g/mol. The van der Waals surface area contributed by atoms with Gasteiger partial charge in [-0.15, -0.1) is 0 Å². The number of carbonyl (C=O) groups is 1. The lowest BCUT2D eigenvalue weighted by atomic mass is 9.99. The van der Waals surface area contributed by atoms with Gasteiger partial charge in [0.25, 0.3) is 0 Å². The van der Waals surface area contributed by atoms with Crippen LogP contribution in [0.15, 0.2) is 95.9 Å². The van der Waals surface area contributed by atoms with Crippen molar-refractivity contribution < 1.29 is 9.90 Å². The Balaban J connectivity index is 1.69. The number of benzene rings is 3. The van der Waals surface area contributed by atoms with Gasteiger partial charge < -0.3 is 5.11 Å². The van der Waals surface area contributed by atoms with Crippen molar-refractivity contribution in [3.63, 3.8) is 0 Å². The highest BCUT2D eigenvalue weighted by molar-refractivity contribution is 5.95. The highest BCUT2D eigenvalue weighted by atomic mass is 16.4. The first-order valence-corrected chi connectivity index (χ1v) is 10.5. The number of aromatic nitrogens is 2. The van der Waals surface area contributed by atoms with Gasteiger partial charge in [0.1, 0.15) is 0 Å². The Labute approximate surface area is 186 Å². The zero-order valence-corrected chi connectivity index (χ0v) is 17.8. The van der Waals surface area contributed by atoms with Gasteiger partial charge in [0, 0.05) is 6.20 Å². The van der Waals surface area contributed by atoms with Crippen molar-refractivity contribution >= 4 is 12.0 Å². The number of nitrogens with zero attached hydrogens (tertiary/aromatic N) is 2. The molecule has 0 aliphatic heterocycles. The molecule has 0 fully saturated rings. The Morgan fingerprint density at radius 2 is 1.62 bits per heavy atom. The Morgan fingerprint density at radius 3 is 2.31 bits per heavy atom. The predicted octanol–water partition coefficient (Wildman–Crippen LogP) is 5.48. The van der Waals surface area contributed by atoms with Gasteiger partial charge in [-0.25, -0.2) is 9.59 Å². The zero-order chi connectivity index (χ0) is 22.5. The molecule has 0 aliphatic carbocycles. The van der Waals surface area contributed by atoms with Gasteiger partial charge in [-0.05, 0) is 47.4 Å². The molecule has 5 heteroatoms. The zero-order valence-electron chi connectivity index (χ0n) is 17.8. The highest BCUT2D eigenvalue weighted by Gasteiger charge is 2.13. The minimum absolute atomic E-state index is 0.104. The normalized spacial score (nSPS) is 11.2. The van der Waals surface area contributed by atoms with Crippen molar-refractivity contribution in [2.45, 2.75) is 19.9 Å². The van der Waals surface area contributed by atoms with Gasteiger partial charge in [-0.2, -0.15) is 0 Å². The third kappa shape index (κ3) is 4.32. The van der Waals surface area contributed by atoms with E-state index in [-0.39, 0.29) is 11.3 Å². The molecule has 5 nitrogen and oxygen atoms in total. The Hall–Kier alpha value is -4.12. The number of carboxylic acids is 1. The molecule has 1 heterocycles. The van der Waals surface area contributed by atoms with Crippen LogP contribution < -0.4 is 5.69 Å². The third-order valence-corrected chi connectivity index (χ3v) is 5.33. The summed E-state index contributed by atoms with van der Waals surface area (Å²) in [6.07, 6.45) is 6.74. The molecule has 0 saturated heterocycles. The van der Waals surface area contributed by atoms with Crippen molar-refractivity contribution in [3.05, 3.63) is 118 Å². The average molecular weight is 425 g/mol. The molecule has 32 heavy (non-hydrogen) atoms. The number of hydrogen-bond donors (Lipinski definition) is 1. The summed E-state index contributed by atoms with van der Waals surface area (Å²) < 4.78 is 3.41. The second-order valence-electron chi connectivity index (χ2n) is 7.49. The van der Waals surface area contributed by atoms with Crippen LogP contribution in [0.2, 0.25) is 0 Å². The first-order chi connectivity index (χ1) is 15.6. The van der Waals surface area contributed by atoms with Crippen molar-refractivity contribution in [2.24, 2.45) is 0 Å². The van der Waals surface area contributed by atoms with Crippen LogP contribution in [0.25, 0.3) is 22.9 Å². The van der Waals surface area contributed by atoms with E-state index in [9.17, 15) is 14.7 Å². The van der Waals surface area contributed by atoms with E-state index in [1.54, 1.807) is 27.3 Å². The quantitative estimate of drug-likeness (QED) is 0.427. The summed E-state index contributed by atoms with van der Waals surface area (Å²) in [6, 6.07) is 24.2. The molecule has 0 radical (unpaired) electrons. The fourth-order valence-electron chi connectivity index (χ4n) is 3.70. The van der Waals surface area contributed by atoms with Crippen LogP contribution in [0.4, 0.5) is 0 Å². The SMILES string of the molecule is CC/C=C/c1cn(-c2ccccc2)c(=O)n1Cc1ccc(-c2ccccc2C(=O)O)cc1. The molecule has 0 saturated carbocycles. The van der Waals surface area contributed by atoms with Crippen molar-refractivity contribution in [3.8, 4) is 16.8 Å². The van der Waals surface area contributed by atoms with E-state index in [1.165, 1.54) is 0 Å². The monoisotopic (exact) mass is 424 g/mol. The van der Waals surface area contributed by atoms with E-state index in [0.29, 0.717) is 12.1 Å². The summed E-state index contributed by atoms with van der Waals surface area (Å²) in [7, 11) is 0. The summed E-state index contributed by atoms with van der Waals surface area (Å²) in [6.45, 7) is 2.48. The fourth-order valence-corrected chi connectivity index (χ4v) is 3.70. The number of carboxylic acid groups (broad SMARTS) is 1. The molecule has 3 aromatic carbocycles. The van der Waals surface area contributed by atoms with Gasteiger partial charge in [-0.3, -0.25) is 9.13 Å². The number of para-hydroxylation sites is 1. The molecule has 160 valence electrons. The van der Waals surface area contributed by atoms with Crippen LogP contribution in [0.5, 0.6) is 0 Å². The lowest BCUT2D eigenvalue weighted by Crippen LogP contribution is -2.24. The first kappa shape index (κ1) is 21.1. The van der Waals surface area contributed by atoms with Gasteiger partial charge in [0.2, 0.25) is 0 Å². The number of rotatable bonds is 7. The maximum atomic E-state index is 13.2. The van der Waals surface area contributed by atoms with Gasteiger partial charge in [0.05, 0.1) is 23.5 Å². The van der Waals surface area contributed by atoms with Crippen LogP contribution in [-0.2, 0) is 6.54 Å². The van der Waals surface area contributed by atoms with E-state index in [1.807, 2.05) is 79.0 Å². The smallest absolute Gasteiger partial charge is 0.336 e. The Kier molecular flexibility index (Phi) is 6.17. The van der Waals surface area contributed by atoms with Gasteiger partial charge in [0.15, 0.2) is 0 Å².